The van der Waals surface area contributed by atoms with Crippen LogP contribution in [0.5, 0.6) is 5.75 Å². The Bertz CT molecular complexity index is 886. The first-order valence-electron chi connectivity index (χ1n) is 8.21. The number of ether oxygens (including phenoxy) is 1. The third-order valence-corrected chi connectivity index (χ3v) is 4.97. The number of aromatic nitrogens is 1. The predicted molar refractivity (Wildman–Crippen MR) is 100 cm³/mol. The van der Waals surface area contributed by atoms with Crippen LogP contribution >= 0.6 is 11.3 Å². The fourth-order valence-electron chi connectivity index (χ4n) is 2.39. The van der Waals surface area contributed by atoms with Crippen LogP contribution in [0.1, 0.15) is 32.1 Å². The van der Waals surface area contributed by atoms with E-state index in [1.807, 2.05) is 24.3 Å². The first-order chi connectivity index (χ1) is 12.5. The van der Waals surface area contributed by atoms with Gasteiger partial charge in [0.25, 0.3) is 0 Å². The van der Waals surface area contributed by atoms with Gasteiger partial charge in [-0.1, -0.05) is 53.3 Å². The maximum atomic E-state index is 10.9. The van der Waals surface area contributed by atoms with E-state index >= 15 is 0 Å². The maximum Gasteiger partial charge on any atom is 0.183 e. The summed E-state index contributed by atoms with van der Waals surface area (Å²) < 4.78 is 5.79. The van der Waals surface area contributed by atoms with Gasteiger partial charge in [-0.15, -0.1) is 0 Å². The zero-order valence-corrected chi connectivity index (χ0v) is 15.4. The molecule has 0 spiro atoms. The molecule has 1 N–H and O–H groups in total. The molecular formula is C20H19N2O3S-. The van der Waals surface area contributed by atoms with Crippen molar-refractivity contribution in [2.45, 2.75) is 27.0 Å². The van der Waals surface area contributed by atoms with Crippen LogP contribution in [0.3, 0.4) is 0 Å². The molecule has 3 aromatic rings. The first-order valence-corrected chi connectivity index (χ1v) is 9.03. The van der Waals surface area contributed by atoms with Crippen LogP contribution in [0, 0.1) is 13.8 Å². The van der Waals surface area contributed by atoms with E-state index in [0.717, 1.165) is 28.2 Å². The third kappa shape index (κ3) is 4.61. The second-order valence-electron chi connectivity index (χ2n) is 5.99. The largest absolute Gasteiger partial charge is 0.544 e. The second-order valence-corrected chi connectivity index (χ2v) is 6.99. The smallest absolute Gasteiger partial charge is 0.183 e. The van der Waals surface area contributed by atoms with Gasteiger partial charge in [-0.2, -0.15) is 0 Å². The lowest BCUT2D eigenvalue weighted by Crippen LogP contribution is -2.21. The number of hydrogen-bond donors (Lipinski definition) is 1. The molecule has 26 heavy (non-hydrogen) atoms. The summed E-state index contributed by atoms with van der Waals surface area (Å²) in [7, 11) is 0. The molecule has 0 amide bonds. The van der Waals surface area contributed by atoms with Crippen molar-refractivity contribution in [3.63, 3.8) is 0 Å². The van der Waals surface area contributed by atoms with Gasteiger partial charge >= 0.3 is 0 Å². The summed E-state index contributed by atoms with van der Waals surface area (Å²) in [5.74, 6) is -0.387. The number of carbonyl (C=O) groups is 1. The number of nitrogens with zero attached hydrogens (tertiary/aromatic N) is 1. The lowest BCUT2D eigenvalue weighted by Gasteiger charge is -2.08. The molecule has 0 atom stereocenters. The molecule has 0 aliphatic carbocycles. The van der Waals surface area contributed by atoms with Crippen molar-refractivity contribution in [3.05, 3.63) is 75.8 Å². The van der Waals surface area contributed by atoms with Gasteiger partial charge in [0.1, 0.15) is 12.4 Å². The van der Waals surface area contributed by atoms with Gasteiger partial charge in [0.15, 0.2) is 5.13 Å². The number of carboxylic acids is 1. The fraction of sp³-hybridized carbons (Fsp3) is 0.200. The Kier molecular flexibility index (Phi) is 5.53. The highest BCUT2D eigenvalue weighted by Gasteiger charge is 2.08. The number of hydrogen-bond acceptors (Lipinski definition) is 6. The minimum absolute atomic E-state index is 0.160. The molecule has 0 bridgehead atoms. The lowest BCUT2D eigenvalue weighted by molar-refractivity contribution is -0.254. The molecule has 0 aliphatic heterocycles. The summed E-state index contributed by atoms with van der Waals surface area (Å²) in [5, 5.41) is 14.7. The van der Waals surface area contributed by atoms with Crippen LogP contribution in [0.25, 0.3) is 0 Å². The van der Waals surface area contributed by atoms with Crippen LogP contribution < -0.4 is 15.2 Å². The first kappa shape index (κ1) is 17.9. The summed E-state index contributed by atoms with van der Waals surface area (Å²) in [6.45, 7) is 4.80. The number of carbonyl (C=O) groups excluding carboxylic acids is 1. The number of carboxylic acid groups (broad SMARTS) is 1. The van der Waals surface area contributed by atoms with Gasteiger partial charge in [0, 0.05) is 6.54 Å². The Morgan fingerprint density at radius 1 is 1.08 bits per heavy atom. The Morgan fingerprint density at radius 2 is 1.73 bits per heavy atom. The molecule has 0 aliphatic rings. The monoisotopic (exact) mass is 367 g/mol. The molecule has 2 aromatic carbocycles. The Morgan fingerprint density at radius 3 is 2.35 bits per heavy atom. The molecule has 6 heteroatoms. The summed E-state index contributed by atoms with van der Waals surface area (Å²) >= 11 is 1.09. The summed E-state index contributed by atoms with van der Waals surface area (Å²) in [5.41, 5.74) is 3.88. The number of aryl methyl sites for hydroxylation is 2. The van der Waals surface area contributed by atoms with E-state index in [2.05, 4.69) is 41.5 Å². The average molecular weight is 367 g/mol. The number of benzene rings is 2. The normalized spacial score (nSPS) is 10.5. The van der Waals surface area contributed by atoms with E-state index in [-0.39, 0.29) is 4.88 Å². The van der Waals surface area contributed by atoms with E-state index in [1.54, 1.807) is 6.92 Å². The Balaban J connectivity index is 1.53. The number of aromatic carboxylic acids is 1. The highest BCUT2D eigenvalue weighted by Crippen LogP contribution is 2.23. The van der Waals surface area contributed by atoms with Crippen LogP contribution in [-0.4, -0.2) is 11.0 Å². The predicted octanol–water partition coefficient (Wildman–Crippen LogP) is 3.31. The number of thiazole rings is 1. The van der Waals surface area contributed by atoms with Crippen LogP contribution in [0.15, 0.2) is 48.5 Å². The SMILES string of the molecule is Cc1ccc(COc2ccc(CNc3nc(C)c(C(=O)[O-])s3)cc2)cc1. The number of nitrogens with one attached hydrogen (secondary N) is 1. The molecule has 134 valence electrons. The van der Waals surface area contributed by atoms with Crippen LogP contribution in [0.2, 0.25) is 0 Å². The van der Waals surface area contributed by atoms with E-state index in [1.165, 1.54) is 5.56 Å². The lowest BCUT2D eigenvalue weighted by atomic mass is 10.2. The minimum atomic E-state index is -1.19. The summed E-state index contributed by atoms with van der Waals surface area (Å²) in [4.78, 5) is 15.3. The van der Waals surface area contributed by atoms with E-state index < -0.39 is 5.97 Å². The molecule has 0 unspecified atom stereocenters. The maximum absolute atomic E-state index is 10.9. The van der Waals surface area contributed by atoms with E-state index in [9.17, 15) is 9.90 Å². The molecular weight excluding hydrogens is 348 g/mol. The standard InChI is InChI=1S/C20H20N2O3S/c1-13-3-5-16(6-4-13)12-25-17-9-7-15(8-10-17)11-21-20-22-14(2)18(26-20)19(23)24/h3-10H,11-12H2,1-2H3,(H,21,22)(H,23,24)/p-1. The molecule has 5 nitrogen and oxygen atoms in total. The molecule has 0 saturated heterocycles. The van der Waals surface area contributed by atoms with Crippen molar-refractivity contribution in [3.8, 4) is 5.75 Å². The molecule has 3 rings (SSSR count). The van der Waals surface area contributed by atoms with Crippen molar-refractivity contribution in [2.24, 2.45) is 0 Å². The van der Waals surface area contributed by atoms with E-state index in [0.29, 0.717) is 24.0 Å². The molecule has 1 heterocycles. The van der Waals surface area contributed by atoms with Crippen molar-refractivity contribution >= 4 is 22.4 Å². The quantitative estimate of drug-likeness (QED) is 0.693. The van der Waals surface area contributed by atoms with Gasteiger partial charge in [-0.05, 0) is 37.1 Å². The van der Waals surface area contributed by atoms with Crippen LogP contribution in [-0.2, 0) is 13.2 Å². The van der Waals surface area contributed by atoms with Gasteiger partial charge in [-0.25, -0.2) is 4.98 Å². The summed E-state index contributed by atoms with van der Waals surface area (Å²) in [6.07, 6.45) is 0. The van der Waals surface area contributed by atoms with Crippen LogP contribution in [0.4, 0.5) is 5.13 Å². The zero-order chi connectivity index (χ0) is 18.5. The topological polar surface area (TPSA) is 74.3 Å². The second kappa shape index (κ2) is 8.01. The van der Waals surface area contributed by atoms with Crippen molar-refractivity contribution in [1.82, 2.24) is 4.98 Å². The highest BCUT2D eigenvalue weighted by molar-refractivity contribution is 7.17. The number of rotatable bonds is 7. The summed E-state index contributed by atoms with van der Waals surface area (Å²) in [6, 6.07) is 16.0. The minimum Gasteiger partial charge on any atom is -0.544 e. The Hall–Kier alpha value is -2.86. The van der Waals surface area contributed by atoms with Gasteiger partial charge in [0.2, 0.25) is 0 Å². The van der Waals surface area contributed by atoms with Crippen molar-refractivity contribution in [1.29, 1.82) is 0 Å². The van der Waals surface area contributed by atoms with Gasteiger partial charge < -0.3 is 20.0 Å². The zero-order valence-electron chi connectivity index (χ0n) is 14.6. The third-order valence-electron chi connectivity index (χ3n) is 3.88. The Labute approximate surface area is 156 Å². The fourth-order valence-corrected chi connectivity index (χ4v) is 3.19. The molecule has 0 fully saturated rings. The van der Waals surface area contributed by atoms with Gasteiger partial charge in [-0.3, -0.25) is 0 Å². The van der Waals surface area contributed by atoms with Crippen molar-refractivity contribution < 1.29 is 14.6 Å². The van der Waals surface area contributed by atoms with Crippen molar-refractivity contribution in [2.75, 3.05) is 5.32 Å². The average Bonchev–Trinajstić information content (AvgIpc) is 3.01. The molecule has 0 radical (unpaired) electrons. The highest BCUT2D eigenvalue weighted by atomic mass is 32.1. The molecule has 1 aromatic heterocycles. The van der Waals surface area contributed by atoms with E-state index in [4.69, 9.17) is 4.74 Å². The molecule has 0 saturated carbocycles. The number of anilines is 1. The van der Waals surface area contributed by atoms with Gasteiger partial charge in [0.05, 0.1) is 16.5 Å².